The fourth-order valence-electron chi connectivity index (χ4n) is 9.83. The zero-order chi connectivity index (χ0) is 47.2. The maximum Gasteiger partial charge on any atom is -0.000664 e. The molecule has 3 heterocycles. The Bertz CT molecular complexity index is 895. The molecule has 3 aliphatic heterocycles. The number of allylic oxidation sites excluding steroid dienone is 2. The zero-order valence-corrected chi connectivity index (χ0v) is 44.6. The molecule has 2 fully saturated rings. The molecule has 3 rings (SSSR count). The third kappa shape index (κ3) is 51.5. The van der Waals surface area contributed by atoms with Crippen LogP contribution in [-0.4, -0.2) is 133 Å². The van der Waals surface area contributed by atoms with Gasteiger partial charge in [0.05, 0.1) is 0 Å². The van der Waals surface area contributed by atoms with Gasteiger partial charge >= 0.3 is 0 Å². The predicted octanol–water partition coefficient (Wildman–Crippen LogP) is 12.2. The summed E-state index contributed by atoms with van der Waals surface area (Å²) in [6.07, 6.45) is 56.1. The predicted molar refractivity (Wildman–Crippen MR) is 302 cm³/mol. The van der Waals surface area contributed by atoms with Crippen molar-refractivity contribution in [2.24, 2.45) is 17.2 Å². The van der Waals surface area contributed by atoms with Gasteiger partial charge in [0, 0.05) is 0 Å². The van der Waals surface area contributed by atoms with Crippen molar-refractivity contribution < 1.29 is 0 Å². The second-order valence-corrected chi connectivity index (χ2v) is 20.6. The maximum absolute atomic E-state index is 5.52. The standard InChI is InChI=1S/C20H41N3.C19H41N3.C18H39N3.CH4/c21-15-13-16-22-17-14-20-23-18-11-9-7-5-3-1-2-4-6-8-10-12-19-23;20-14-12-15-21-16-13-19-22-17-10-8-6-4-2-1-3-5-7-9-11-18-22;19-13-11-14-20-15-12-18-21-16-9-7-5-3-1-2-4-6-8-10-17-21;/h3,5,22H,1-2,4,6-21H2;21H,1-20H2;20H,1-19H2;1H4/b5-3-;;;. The number of hydrogen-bond acceptors (Lipinski definition) is 9. The highest BCUT2D eigenvalue weighted by atomic mass is 15.1. The molecule has 0 aliphatic carbocycles. The van der Waals surface area contributed by atoms with E-state index in [1.807, 2.05) is 0 Å². The van der Waals surface area contributed by atoms with Crippen LogP contribution in [0.25, 0.3) is 0 Å². The number of rotatable bonds is 21. The van der Waals surface area contributed by atoms with Gasteiger partial charge in [0.2, 0.25) is 0 Å². The summed E-state index contributed by atoms with van der Waals surface area (Å²) >= 11 is 0. The van der Waals surface area contributed by atoms with Gasteiger partial charge in [0.15, 0.2) is 0 Å². The summed E-state index contributed by atoms with van der Waals surface area (Å²) in [5.74, 6) is 0. The van der Waals surface area contributed by atoms with Crippen LogP contribution in [0.2, 0.25) is 0 Å². The van der Waals surface area contributed by atoms with E-state index in [0.717, 1.165) is 78.2 Å². The second-order valence-electron chi connectivity index (χ2n) is 20.6. The molecule has 0 unspecified atom stereocenters. The van der Waals surface area contributed by atoms with Crippen molar-refractivity contribution in [1.29, 1.82) is 0 Å². The largest absolute Gasteiger partial charge is 0.330 e. The Balaban J connectivity index is 0.000000969. The highest BCUT2D eigenvalue weighted by Gasteiger charge is 2.08. The molecule has 3 aliphatic rings. The molecule has 67 heavy (non-hydrogen) atoms. The van der Waals surface area contributed by atoms with E-state index in [2.05, 4.69) is 42.8 Å². The first kappa shape index (κ1) is 66.4. The van der Waals surface area contributed by atoms with Gasteiger partial charge in [0.1, 0.15) is 0 Å². The molecule has 0 saturated carbocycles. The lowest BCUT2D eigenvalue weighted by Gasteiger charge is -2.22. The van der Waals surface area contributed by atoms with E-state index in [1.54, 1.807) is 0 Å². The fourth-order valence-corrected chi connectivity index (χ4v) is 9.83. The molecular formula is C58H125N9. The summed E-state index contributed by atoms with van der Waals surface area (Å²) in [5.41, 5.74) is 16.5. The number of hydrogen-bond donors (Lipinski definition) is 6. The Kier molecular flexibility index (Phi) is 57.4. The Hall–Kier alpha value is -0.620. The van der Waals surface area contributed by atoms with Gasteiger partial charge in [-0.05, 0) is 221 Å². The van der Waals surface area contributed by atoms with Crippen molar-refractivity contribution in [2.45, 2.75) is 245 Å². The molecule has 9 heteroatoms. The Labute approximate surface area is 421 Å². The number of nitrogens with two attached hydrogens (primary N) is 3. The van der Waals surface area contributed by atoms with E-state index in [9.17, 15) is 0 Å². The van der Waals surface area contributed by atoms with Crippen LogP contribution in [0.3, 0.4) is 0 Å². The van der Waals surface area contributed by atoms with Crippen molar-refractivity contribution in [3.8, 4) is 0 Å². The number of nitrogens with zero attached hydrogens (tertiary/aromatic N) is 3. The van der Waals surface area contributed by atoms with Crippen LogP contribution in [0.15, 0.2) is 12.2 Å². The van der Waals surface area contributed by atoms with Gasteiger partial charge in [-0.3, -0.25) is 0 Å². The van der Waals surface area contributed by atoms with Crippen LogP contribution in [-0.2, 0) is 0 Å². The smallest absolute Gasteiger partial charge is 0.000664 e. The lowest BCUT2D eigenvalue weighted by Crippen LogP contribution is -2.30. The summed E-state index contributed by atoms with van der Waals surface area (Å²) in [5, 5.41) is 10.5. The molecule has 0 spiro atoms. The molecule has 2 saturated heterocycles. The first-order valence-electron chi connectivity index (χ1n) is 29.8. The van der Waals surface area contributed by atoms with Crippen LogP contribution in [0, 0.1) is 0 Å². The van der Waals surface area contributed by atoms with E-state index in [0.29, 0.717) is 0 Å². The van der Waals surface area contributed by atoms with E-state index in [4.69, 9.17) is 17.2 Å². The first-order chi connectivity index (χ1) is 32.8. The summed E-state index contributed by atoms with van der Waals surface area (Å²) in [7, 11) is 0. The quantitative estimate of drug-likeness (QED) is 0.0493. The molecule has 0 radical (unpaired) electrons. The summed E-state index contributed by atoms with van der Waals surface area (Å²) in [6, 6.07) is 0. The normalized spacial score (nSPS) is 20.5. The molecule has 0 aromatic carbocycles. The molecule has 0 amide bonds. The highest BCUT2D eigenvalue weighted by Crippen LogP contribution is 2.16. The van der Waals surface area contributed by atoms with E-state index >= 15 is 0 Å². The average molecular weight is 949 g/mol. The molecule has 0 bridgehead atoms. The van der Waals surface area contributed by atoms with E-state index in [1.165, 1.54) is 277 Å². The van der Waals surface area contributed by atoms with Crippen LogP contribution >= 0.6 is 0 Å². The first-order valence-corrected chi connectivity index (χ1v) is 29.8. The van der Waals surface area contributed by atoms with Gasteiger partial charge in [-0.15, -0.1) is 0 Å². The Morgan fingerprint density at radius 2 is 0.463 bits per heavy atom. The van der Waals surface area contributed by atoms with Crippen molar-refractivity contribution in [2.75, 3.05) is 118 Å². The van der Waals surface area contributed by atoms with Crippen LogP contribution in [0.5, 0.6) is 0 Å². The zero-order valence-electron chi connectivity index (χ0n) is 44.6. The molecule has 0 atom stereocenters. The topological polar surface area (TPSA) is 124 Å². The summed E-state index contributed by atoms with van der Waals surface area (Å²) in [4.78, 5) is 8.13. The fraction of sp³-hybridized carbons (Fsp3) is 0.966. The third-order valence-electron chi connectivity index (χ3n) is 14.2. The van der Waals surface area contributed by atoms with Crippen molar-refractivity contribution in [1.82, 2.24) is 30.7 Å². The van der Waals surface area contributed by atoms with Crippen molar-refractivity contribution >= 4 is 0 Å². The molecular weight excluding hydrogens is 823 g/mol. The summed E-state index contributed by atoms with van der Waals surface area (Å²) < 4.78 is 0. The van der Waals surface area contributed by atoms with Gasteiger partial charge < -0.3 is 47.9 Å². The minimum Gasteiger partial charge on any atom is -0.330 e. The minimum absolute atomic E-state index is 0. The lowest BCUT2D eigenvalue weighted by molar-refractivity contribution is 0.255. The highest BCUT2D eigenvalue weighted by molar-refractivity contribution is 4.81. The Morgan fingerprint density at radius 3 is 0.716 bits per heavy atom. The minimum atomic E-state index is 0. The van der Waals surface area contributed by atoms with Crippen LogP contribution in [0.1, 0.15) is 245 Å². The monoisotopic (exact) mass is 948 g/mol. The average Bonchev–Trinajstić information content (AvgIpc) is 3.34. The second kappa shape index (κ2) is 58.0. The van der Waals surface area contributed by atoms with Gasteiger partial charge in [-0.25, -0.2) is 0 Å². The summed E-state index contributed by atoms with van der Waals surface area (Å²) in [6.45, 7) is 20.8. The molecule has 9 N–H and O–H groups in total. The SMILES string of the molecule is C.NCCCNCCCN1CCCC/C=C\CCCCCCCC1.NCCCNCCCN1CCCCCCCCCCCC1.NCCCNCCCN1CCCCCCCCCCCCC1. The van der Waals surface area contributed by atoms with E-state index < -0.39 is 0 Å². The third-order valence-corrected chi connectivity index (χ3v) is 14.2. The van der Waals surface area contributed by atoms with Gasteiger partial charge in [-0.1, -0.05) is 154 Å². The molecule has 0 aromatic heterocycles. The van der Waals surface area contributed by atoms with Crippen LogP contribution < -0.4 is 33.2 Å². The molecule has 402 valence electrons. The van der Waals surface area contributed by atoms with Gasteiger partial charge in [0.25, 0.3) is 0 Å². The lowest BCUT2D eigenvalue weighted by atomic mass is 10.0. The van der Waals surface area contributed by atoms with E-state index in [-0.39, 0.29) is 7.43 Å². The molecule has 9 nitrogen and oxygen atoms in total. The van der Waals surface area contributed by atoms with Crippen molar-refractivity contribution in [3.63, 3.8) is 0 Å². The van der Waals surface area contributed by atoms with Crippen molar-refractivity contribution in [3.05, 3.63) is 12.2 Å². The number of nitrogens with one attached hydrogen (secondary N) is 3. The Morgan fingerprint density at radius 1 is 0.269 bits per heavy atom. The maximum atomic E-state index is 5.52. The molecule has 0 aromatic rings. The van der Waals surface area contributed by atoms with Gasteiger partial charge in [-0.2, -0.15) is 0 Å². The van der Waals surface area contributed by atoms with Crippen LogP contribution in [0.4, 0.5) is 0 Å².